The van der Waals surface area contributed by atoms with Crippen LogP contribution in [0.4, 0.5) is 11.4 Å². The molecule has 2 aromatic heterocycles. The fourth-order valence-corrected chi connectivity index (χ4v) is 3.21. The van der Waals surface area contributed by atoms with Crippen molar-refractivity contribution >= 4 is 56.4 Å². The second-order valence-corrected chi connectivity index (χ2v) is 6.91. The van der Waals surface area contributed by atoms with Crippen molar-refractivity contribution in [3.63, 3.8) is 0 Å². The summed E-state index contributed by atoms with van der Waals surface area (Å²) in [5.41, 5.74) is 1.54. The van der Waals surface area contributed by atoms with Gasteiger partial charge in [0.1, 0.15) is 10.3 Å². The number of halogens is 3. The number of aryl methyl sites for hydroxylation is 1. The van der Waals surface area contributed by atoms with Crippen LogP contribution in [-0.4, -0.2) is 20.7 Å². The number of nitrogens with zero attached hydrogens (tertiary/aromatic N) is 4. The highest BCUT2D eigenvalue weighted by atomic mass is 79.9. The maximum atomic E-state index is 12.8. The zero-order valence-corrected chi connectivity index (χ0v) is 16.4. The van der Waals surface area contributed by atoms with Gasteiger partial charge in [0.2, 0.25) is 5.69 Å². The van der Waals surface area contributed by atoms with E-state index >= 15 is 0 Å². The Morgan fingerprint density at radius 2 is 2.12 bits per heavy atom. The Bertz CT molecular complexity index is 1060. The SMILES string of the molecule is [C-]#[N+]c1cc(Cl)cc(C)c1NC(=O)c1cc(Br)nn1-c1ncccc1Cl. The Balaban J connectivity index is 2.04. The molecule has 0 unspecified atom stereocenters. The molecule has 26 heavy (non-hydrogen) atoms. The highest BCUT2D eigenvalue weighted by Gasteiger charge is 2.20. The van der Waals surface area contributed by atoms with E-state index in [0.717, 1.165) is 0 Å². The van der Waals surface area contributed by atoms with E-state index in [9.17, 15) is 4.79 Å². The topological polar surface area (TPSA) is 64.2 Å². The van der Waals surface area contributed by atoms with Crippen LogP contribution in [0.2, 0.25) is 10.0 Å². The van der Waals surface area contributed by atoms with E-state index in [-0.39, 0.29) is 11.4 Å². The molecule has 1 N–H and O–H groups in total. The van der Waals surface area contributed by atoms with Crippen molar-refractivity contribution in [1.82, 2.24) is 14.8 Å². The summed E-state index contributed by atoms with van der Waals surface area (Å²) in [6, 6.07) is 8.06. The molecule has 0 fully saturated rings. The molecule has 0 atom stereocenters. The zero-order chi connectivity index (χ0) is 18.8. The van der Waals surface area contributed by atoms with Crippen molar-refractivity contribution in [2.45, 2.75) is 6.92 Å². The summed E-state index contributed by atoms with van der Waals surface area (Å²) in [5, 5.41) is 7.76. The summed E-state index contributed by atoms with van der Waals surface area (Å²) in [6.45, 7) is 9.06. The Labute approximate surface area is 167 Å². The Morgan fingerprint density at radius 3 is 2.81 bits per heavy atom. The molecule has 0 bridgehead atoms. The average Bonchev–Trinajstić information content (AvgIpc) is 2.99. The van der Waals surface area contributed by atoms with Gasteiger partial charge in [-0.05, 0) is 52.7 Å². The van der Waals surface area contributed by atoms with Crippen LogP contribution >= 0.6 is 39.1 Å². The smallest absolute Gasteiger partial charge is 0.273 e. The first-order valence-electron chi connectivity index (χ1n) is 7.26. The van der Waals surface area contributed by atoms with E-state index in [2.05, 4.69) is 36.2 Å². The van der Waals surface area contributed by atoms with E-state index in [4.69, 9.17) is 29.8 Å². The normalized spacial score (nSPS) is 10.4. The first-order chi connectivity index (χ1) is 12.4. The van der Waals surface area contributed by atoms with Crippen LogP contribution in [0.1, 0.15) is 16.1 Å². The van der Waals surface area contributed by atoms with Gasteiger partial charge in [-0.1, -0.05) is 23.2 Å². The monoisotopic (exact) mass is 449 g/mol. The number of nitrogens with one attached hydrogen (secondary N) is 1. The van der Waals surface area contributed by atoms with Gasteiger partial charge in [-0.3, -0.25) is 4.79 Å². The van der Waals surface area contributed by atoms with Crippen LogP contribution in [0.3, 0.4) is 0 Å². The molecular weight excluding hydrogens is 441 g/mol. The second kappa shape index (κ2) is 7.46. The molecule has 3 aromatic rings. The first-order valence-corrected chi connectivity index (χ1v) is 8.81. The van der Waals surface area contributed by atoms with Crippen LogP contribution < -0.4 is 5.32 Å². The molecule has 9 heteroatoms. The maximum absolute atomic E-state index is 12.8. The van der Waals surface area contributed by atoms with Crippen LogP contribution in [0, 0.1) is 13.5 Å². The third kappa shape index (κ3) is 3.58. The lowest BCUT2D eigenvalue weighted by atomic mass is 10.1. The Hall–Kier alpha value is -2.40. The minimum atomic E-state index is -0.458. The molecule has 0 aliphatic heterocycles. The molecule has 2 heterocycles. The number of aromatic nitrogens is 3. The second-order valence-electron chi connectivity index (χ2n) is 5.26. The molecule has 130 valence electrons. The molecule has 0 aliphatic rings. The van der Waals surface area contributed by atoms with Crippen molar-refractivity contribution in [3.05, 3.63) is 73.9 Å². The number of hydrogen-bond acceptors (Lipinski definition) is 3. The summed E-state index contributed by atoms with van der Waals surface area (Å²) >= 11 is 15.4. The van der Waals surface area contributed by atoms with Crippen LogP contribution in [0.15, 0.2) is 41.1 Å². The lowest BCUT2D eigenvalue weighted by molar-refractivity contribution is 0.101. The Kier molecular flexibility index (Phi) is 5.28. The standard InChI is InChI=1S/C17H10BrCl2N5O/c1-9-6-10(19)7-12(21-2)15(9)23-17(26)13-8-14(18)24-25(13)16-11(20)4-3-5-22-16/h3-8H,1H3,(H,23,26). The van der Waals surface area contributed by atoms with Gasteiger partial charge in [-0.2, -0.15) is 5.10 Å². The van der Waals surface area contributed by atoms with Gasteiger partial charge in [-0.15, -0.1) is 0 Å². The predicted octanol–water partition coefficient (Wildman–Crippen LogP) is 5.45. The zero-order valence-electron chi connectivity index (χ0n) is 13.3. The number of amides is 1. The molecule has 0 radical (unpaired) electrons. The summed E-state index contributed by atoms with van der Waals surface area (Å²) in [6.07, 6.45) is 1.55. The molecule has 1 aromatic carbocycles. The summed E-state index contributed by atoms with van der Waals surface area (Å²) in [7, 11) is 0. The fourth-order valence-electron chi connectivity index (χ4n) is 2.36. The summed E-state index contributed by atoms with van der Waals surface area (Å²) in [5.74, 6) is -0.136. The van der Waals surface area contributed by atoms with Gasteiger partial charge in [0.25, 0.3) is 5.91 Å². The predicted molar refractivity (Wildman–Crippen MR) is 104 cm³/mol. The van der Waals surface area contributed by atoms with Gasteiger partial charge in [0.05, 0.1) is 11.6 Å². The fraction of sp³-hybridized carbons (Fsp3) is 0.0588. The van der Waals surface area contributed by atoms with Crippen LogP contribution in [0.25, 0.3) is 10.7 Å². The first kappa shape index (κ1) is 18.4. The van der Waals surface area contributed by atoms with Gasteiger partial charge >= 0.3 is 0 Å². The lowest BCUT2D eigenvalue weighted by Crippen LogP contribution is -2.18. The number of benzene rings is 1. The lowest BCUT2D eigenvalue weighted by Gasteiger charge is -2.12. The maximum Gasteiger partial charge on any atom is 0.273 e. The number of carbonyl (C=O) groups excluding carboxylic acids is 1. The largest absolute Gasteiger partial charge is 0.330 e. The van der Waals surface area contributed by atoms with Gasteiger partial charge in [-0.25, -0.2) is 14.5 Å². The molecule has 0 saturated carbocycles. The summed E-state index contributed by atoms with van der Waals surface area (Å²) < 4.78 is 1.78. The molecule has 0 saturated heterocycles. The van der Waals surface area contributed by atoms with E-state index in [0.29, 0.717) is 31.7 Å². The van der Waals surface area contributed by atoms with Crippen LogP contribution in [-0.2, 0) is 0 Å². The number of pyridine rings is 1. The number of hydrogen-bond donors (Lipinski definition) is 1. The highest BCUT2D eigenvalue weighted by Crippen LogP contribution is 2.33. The van der Waals surface area contributed by atoms with E-state index < -0.39 is 5.91 Å². The molecule has 3 rings (SSSR count). The van der Waals surface area contributed by atoms with Crippen molar-refractivity contribution in [2.75, 3.05) is 5.32 Å². The summed E-state index contributed by atoms with van der Waals surface area (Å²) in [4.78, 5) is 20.4. The van der Waals surface area contributed by atoms with Gasteiger partial charge in [0, 0.05) is 23.0 Å². The highest BCUT2D eigenvalue weighted by molar-refractivity contribution is 9.10. The molecule has 0 spiro atoms. The van der Waals surface area contributed by atoms with Crippen molar-refractivity contribution < 1.29 is 4.79 Å². The van der Waals surface area contributed by atoms with Crippen molar-refractivity contribution in [1.29, 1.82) is 0 Å². The number of rotatable bonds is 3. The number of anilines is 1. The molecule has 6 nitrogen and oxygen atoms in total. The average molecular weight is 451 g/mol. The quantitative estimate of drug-likeness (QED) is 0.539. The molecule has 0 aliphatic carbocycles. The van der Waals surface area contributed by atoms with Gasteiger partial charge in [0.15, 0.2) is 5.82 Å². The van der Waals surface area contributed by atoms with Gasteiger partial charge < -0.3 is 5.32 Å². The minimum absolute atomic E-state index is 0.211. The van der Waals surface area contributed by atoms with E-state index in [1.54, 1.807) is 37.4 Å². The van der Waals surface area contributed by atoms with Crippen molar-refractivity contribution in [3.8, 4) is 5.82 Å². The third-order valence-corrected chi connectivity index (χ3v) is 4.39. The van der Waals surface area contributed by atoms with Crippen molar-refractivity contribution in [2.24, 2.45) is 0 Å². The van der Waals surface area contributed by atoms with Crippen LogP contribution in [0.5, 0.6) is 0 Å². The number of carbonyl (C=O) groups is 1. The molecule has 1 amide bonds. The minimum Gasteiger partial charge on any atom is -0.330 e. The van der Waals surface area contributed by atoms with E-state index in [1.165, 1.54) is 10.7 Å². The molecular formula is C17H10BrCl2N5O. The Morgan fingerprint density at radius 1 is 1.35 bits per heavy atom. The van der Waals surface area contributed by atoms with E-state index in [1.807, 2.05) is 0 Å². The third-order valence-electron chi connectivity index (χ3n) is 3.49.